The van der Waals surface area contributed by atoms with Crippen molar-refractivity contribution in [1.82, 2.24) is 0 Å². The Morgan fingerprint density at radius 1 is 1.00 bits per heavy atom. The Hall–Kier alpha value is 0.270. The highest BCUT2D eigenvalue weighted by Crippen LogP contribution is 2.26. The van der Waals surface area contributed by atoms with Crippen molar-refractivity contribution in [3.63, 3.8) is 0 Å². The van der Waals surface area contributed by atoms with Crippen molar-refractivity contribution < 1.29 is 39.3 Å². The van der Waals surface area contributed by atoms with Crippen LogP contribution in [0.15, 0.2) is 12.7 Å². The van der Waals surface area contributed by atoms with Gasteiger partial charge in [0.2, 0.25) is 0 Å². The van der Waals surface area contributed by atoms with Gasteiger partial charge in [-0.1, -0.05) is 6.58 Å². The lowest BCUT2D eigenvalue weighted by Gasteiger charge is -1.88. The second kappa shape index (κ2) is 9.49. The van der Waals surface area contributed by atoms with Gasteiger partial charge >= 0.3 is 19.4 Å². The molecule has 8 nitrogen and oxygen atoms in total. The number of aliphatic carboxylic acids is 1. The van der Waals surface area contributed by atoms with Crippen molar-refractivity contribution >= 4 is 43.0 Å². The first-order valence-corrected chi connectivity index (χ1v) is 8.01. The molecule has 15 heavy (non-hydrogen) atoms. The fraction of sp³-hybridized carbons (Fsp3) is 0. The van der Waals surface area contributed by atoms with Crippen LogP contribution < -0.4 is 0 Å². The molecule has 0 radical (unpaired) electrons. The largest absolute Gasteiger partial charge is 0.478 e. The molecule has 0 atom stereocenters. The van der Waals surface area contributed by atoms with Crippen LogP contribution >= 0.6 is 13.4 Å². The van der Waals surface area contributed by atoms with E-state index in [2.05, 4.69) is 30.2 Å². The number of hydrogen-bond donors (Lipinski definition) is 7. The van der Waals surface area contributed by atoms with Crippen molar-refractivity contribution in [2.75, 3.05) is 0 Å². The van der Waals surface area contributed by atoms with E-state index in [1.54, 1.807) is 0 Å². The first-order chi connectivity index (χ1) is 6.27. The number of carbonyl (C=O) groups is 1. The topological polar surface area (TPSA) is 159 Å². The summed E-state index contributed by atoms with van der Waals surface area (Å²) in [7, 11) is 0. The molecule has 0 heterocycles. The van der Waals surface area contributed by atoms with E-state index >= 15 is 0 Å². The fourth-order valence-electron chi connectivity index (χ4n) is 0. The zero-order valence-corrected chi connectivity index (χ0v) is 10.5. The van der Waals surface area contributed by atoms with E-state index in [4.69, 9.17) is 34.5 Å². The number of carboxylic acid groups (broad SMARTS) is 1. The van der Waals surface area contributed by atoms with Crippen LogP contribution in [0.25, 0.3) is 0 Å². The summed E-state index contributed by atoms with van der Waals surface area (Å²) in [5.41, 5.74) is 0. The molecule has 0 bridgehead atoms. The maximum Gasteiger partial charge on any atom is 0.327 e. The van der Waals surface area contributed by atoms with Crippen molar-refractivity contribution in [2.45, 2.75) is 0 Å². The second-order valence-corrected chi connectivity index (χ2v) is 6.56. The van der Waals surface area contributed by atoms with Crippen LogP contribution in [-0.2, 0) is 28.4 Å². The Balaban J connectivity index is -0.000000144. The molecule has 0 rings (SSSR count). The summed E-state index contributed by atoms with van der Waals surface area (Å²) in [6, 6.07) is 0. The van der Waals surface area contributed by atoms with E-state index in [9.17, 15) is 4.79 Å². The van der Waals surface area contributed by atoms with E-state index < -0.39 is 19.4 Å². The van der Waals surface area contributed by atoms with Gasteiger partial charge < -0.3 is 34.5 Å². The molecule has 92 valence electrons. The zero-order chi connectivity index (χ0) is 13.3. The smallest absolute Gasteiger partial charge is 0.327 e. The minimum atomic E-state index is -3.81. The predicted octanol–water partition coefficient (Wildman–Crippen LogP) is -1.37. The minimum Gasteiger partial charge on any atom is -0.478 e. The van der Waals surface area contributed by atoms with Gasteiger partial charge in [-0.2, -0.15) is 0 Å². The van der Waals surface area contributed by atoms with Crippen LogP contribution in [0, 0.1) is 0 Å². The van der Waals surface area contributed by atoms with E-state index in [1.807, 2.05) is 0 Å². The number of carboxylic acids is 1. The maximum atomic E-state index is 9.25. The lowest BCUT2D eigenvalue weighted by molar-refractivity contribution is -0.131. The summed E-state index contributed by atoms with van der Waals surface area (Å²) in [6.07, 6.45) is 0.833. The average Bonchev–Trinajstić information content (AvgIpc) is 1.79. The molecule has 0 spiro atoms. The zero-order valence-electron chi connectivity index (χ0n) is 7.03. The van der Waals surface area contributed by atoms with E-state index in [0.29, 0.717) is 0 Å². The monoisotopic (exact) mass is 300 g/mol. The second-order valence-electron chi connectivity index (χ2n) is 1.57. The van der Waals surface area contributed by atoms with Gasteiger partial charge in [0.1, 0.15) is 0 Å². The predicted molar refractivity (Wildman–Crippen MR) is 59.7 cm³/mol. The van der Waals surface area contributed by atoms with Crippen LogP contribution in [0.3, 0.4) is 0 Å². The fourth-order valence-corrected chi connectivity index (χ4v) is 0. The Bertz CT molecular complexity index is 241. The summed E-state index contributed by atoms with van der Waals surface area (Å²) >= 11 is 7.21. The van der Waals surface area contributed by atoms with Gasteiger partial charge in [-0.05, 0) is 23.6 Å². The maximum absolute atomic E-state index is 9.25. The van der Waals surface area contributed by atoms with Crippen molar-refractivity contribution in [3.8, 4) is 0 Å². The van der Waals surface area contributed by atoms with E-state index in [0.717, 1.165) is 6.08 Å². The highest BCUT2D eigenvalue weighted by molar-refractivity contribution is 8.06. The van der Waals surface area contributed by atoms with Gasteiger partial charge in [0.25, 0.3) is 0 Å². The SMILES string of the molecule is C=CC(=O)O.OP(O)(O)=S.OP(O)(O)=S. The standard InChI is InChI=1S/C3H4O2.2H3O3PS/c1-2-3(4)5;2*1-4(2,3)5/h2H,1H2,(H,4,5);2*(H3,1,2,3,5). The highest BCUT2D eigenvalue weighted by atomic mass is 32.5. The molecule has 7 N–H and O–H groups in total. The van der Waals surface area contributed by atoms with Gasteiger partial charge in [0.05, 0.1) is 0 Å². The van der Waals surface area contributed by atoms with Crippen LogP contribution in [0.5, 0.6) is 0 Å². The van der Waals surface area contributed by atoms with Crippen LogP contribution in [0.1, 0.15) is 0 Å². The summed E-state index contributed by atoms with van der Waals surface area (Å²) in [6.45, 7) is -4.65. The molecule has 12 heteroatoms. The molecule has 0 aliphatic heterocycles. The van der Waals surface area contributed by atoms with Gasteiger partial charge in [0.15, 0.2) is 0 Å². The number of rotatable bonds is 1. The third-order valence-corrected chi connectivity index (χ3v) is 0.175. The van der Waals surface area contributed by atoms with Crippen LogP contribution in [0.2, 0.25) is 0 Å². The molecule has 0 saturated heterocycles. The van der Waals surface area contributed by atoms with Crippen molar-refractivity contribution in [3.05, 3.63) is 12.7 Å². The Kier molecular flexibility index (Phi) is 13.1. The molecule has 0 aliphatic rings. The molecule has 0 saturated carbocycles. The molecule has 0 unspecified atom stereocenters. The summed E-state index contributed by atoms with van der Waals surface area (Å²) in [5.74, 6) is -0.981. The lowest BCUT2D eigenvalue weighted by Crippen LogP contribution is -1.82. The van der Waals surface area contributed by atoms with Gasteiger partial charge in [-0.15, -0.1) is 0 Å². The third kappa shape index (κ3) is 417. The van der Waals surface area contributed by atoms with Crippen molar-refractivity contribution in [1.29, 1.82) is 0 Å². The molecule has 0 fully saturated rings. The Labute approximate surface area is 95.3 Å². The molecule has 0 amide bonds. The molecule has 0 aromatic heterocycles. The molecular formula is C3H10O8P2S2. The average molecular weight is 300 g/mol. The van der Waals surface area contributed by atoms with Crippen LogP contribution in [-0.4, -0.2) is 40.4 Å². The van der Waals surface area contributed by atoms with Crippen molar-refractivity contribution in [2.24, 2.45) is 0 Å². The van der Waals surface area contributed by atoms with Gasteiger partial charge in [-0.3, -0.25) is 0 Å². The summed E-state index contributed by atoms with van der Waals surface area (Å²) in [5, 5.41) is 7.60. The highest BCUT2D eigenvalue weighted by Gasteiger charge is 1.92. The first-order valence-electron chi connectivity index (χ1n) is 2.69. The Morgan fingerprint density at radius 2 is 1.07 bits per heavy atom. The molecular weight excluding hydrogens is 290 g/mol. The summed E-state index contributed by atoms with van der Waals surface area (Å²) < 4.78 is 0. The van der Waals surface area contributed by atoms with E-state index in [-0.39, 0.29) is 0 Å². The number of hydrogen-bond acceptors (Lipinski definition) is 3. The molecule has 0 aromatic carbocycles. The van der Waals surface area contributed by atoms with Crippen LogP contribution in [0.4, 0.5) is 0 Å². The molecule has 0 aliphatic carbocycles. The first kappa shape index (κ1) is 20.7. The molecule has 0 aromatic rings. The summed E-state index contributed by atoms with van der Waals surface area (Å²) in [4.78, 5) is 54.6. The van der Waals surface area contributed by atoms with Gasteiger partial charge in [0, 0.05) is 6.08 Å². The van der Waals surface area contributed by atoms with E-state index in [1.165, 1.54) is 0 Å². The van der Waals surface area contributed by atoms with Gasteiger partial charge in [-0.25, -0.2) is 4.79 Å². The quantitative estimate of drug-likeness (QED) is 0.227. The minimum absolute atomic E-state index is 0.833. The lowest BCUT2D eigenvalue weighted by atomic mass is 10.7. The third-order valence-electron chi connectivity index (χ3n) is 0.175. The Morgan fingerprint density at radius 3 is 1.07 bits per heavy atom. The normalized spacial score (nSPS) is 10.0.